The van der Waals surface area contributed by atoms with Crippen LogP contribution in [0.25, 0.3) is 5.00 Å². The highest BCUT2D eigenvalue weighted by atomic mass is 32.1. The van der Waals surface area contributed by atoms with E-state index in [1.54, 1.807) is 7.11 Å². The number of methoxy groups -OCH3 is 1. The van der Waals surface area contributed by atoms with Crippen molar-refractivity contribution in [1.82, 2.24) is 9.47 Å². The van der Waals surface area contributed by atoms with Crippen molar-refractivity contribution in [2.75, 3.05) is 12.4 Å². The van der Waals surface area contributed by atoms with Crippen molar-refractivity contribution in [2.45, 2.75) is 38.3 Å². The lowest BCUT2D eigenvalue weighted by atomic mass is 9.95. The monoisotopic (exact) mass is 469 g/mol. The molecule has 1 N–H and O–H groups in total. The number of amides is 2. The van der Waals surface area contributed by atoms with Crippen LogP contribution in [-0.2, 0) is 19.4 Å². The molecule has 2 aromatic carbocycles. The third-order valence-electron chi connectivity index (χ3n) is 6.90. The molecule has 4 aromatic rings. The highest BCUT2D eigenvalue weighted by Gasteiger charge is 2.36. The molecule has 0 saturated heterocycles. The summed E-state index contributed by atoms with van der Waals surface area (Å²) in [6.45, 7) is 0.582. The third-order valence-corrected chi connectivity index (χ3v) is 8.23. The molecule has 0 fully saturated rings. The van der Waals surface area contributed by atoms with Gasteiger partial charge in [-0.2, -0.15) is 0 Å². The molecule has 5 nitrogen and oxygen atoms in total. The van der Waals surface area contributed by atoms with Crippen LogP contribution >= 0.6 is 11.3 Å². The minimum Gasteiger partial charge on any atom is -0.497 e. The topological polar surface area (TPSA) is 46.5 Å². The Balaban J connectivity index is 1.49. The van der Waals surface area contributed by atoms with E-state index in [1.807, 2.05) is 58.7 Å². The van der Waals surface area contributed by atoms with Gasteiger partial charge in [-0.3, -0.25) is 0 Å². The molecule has 34 heavy (non-hydrogen) atoms. The number of nitrogens with one attached hydrogen (secondary N) is 1. The highest BCUT2D eigenvalue weighted by Crippen LogP contribution is 2.44. The number of thiophene rings is 1. The fourth-order valence-electron chi connectivity index (χ4n) is 5.24. The molecule has 0 saturated carbocycles. The Morgan fingerprint density at radius 2 is 1.76 bits per heavy atom. The number of carbonyl (C=O) groups excluding carboxylic acids is 1. The zero-order valence-electron chi connectivity index (χ0n) is 19.2. The van der Waals surface area contributed by atoms with E-state index < -0.39 is 0 Å². The highest BCUT2D eigenvalue weighted by molar-refractivity contribution is 7.15. The van der Waals surface area contributed by atoms with Gasteiger partial charge in [-0.25, -0.2) is 4.79 Å². The van der Waals surface area contributed by atoms with Gasteiger partial charge in [-0.05, 0) is 73.2 Å². The number of hydrogen-bond donors (Lipinski definition) is 1. The smallest absolute Gasteiger partial charge is 0.322 e. The van der Waals surface area contributed by atoms with E-state index in [1.165, 1.54) is 33.8 Å². The van der Waals surface area contributed by atoms with Crippen molar-refractivity contribution >= 4 is 23.1 Å². The van der Waals surface area contributed by atoms with Crippen LogP contribution in [0.15, 0.2) is 72.9 Å². The van der Waals surface area contributed by atoms with Crippen LogP contribution in [0.4, 0.5) is 10.5 Å². The summed E-state index contributed by atoms with van der Waals surface area (Å²) in [7, 11) is 1.67. The summed E-state index contributed by atoms with van der Waals surface area (Å²) in [4.78, 5) is 17.3. The van der Waals surface area contributed by atoms with E-state index in [0.29, 0.717) is 6.54 Å². The Bertz CT molecular complexity index is 1320. The molecule has 0 bridgehead atoms. The van der Waals surface area contributed by atoms with Gasteiger partial charge in [0.2, 0.25) is 0 Å². The Morgan fingerprint density at radius 1 is 0.971 bits per heavy atom. The van der Waals surface area contributed by atoms with Crippen LogP contribution in [0.2, 0.25) is 0 Å². The zero-order valence-corrected chi connectivity index (χ0v) is 20.0. The molecule has 1 aliphatic carbocycles. The Kier molecular flexibility index (Phi) is 5.38. The Hall–Kier alpha value is -3.51. The molecule has 1 atom stereocenters. The van der Waals surface area contributed by atoms with Crippen LogP contribution < -0.4 is 10.1 Å². The van der Waals surface area contributed by atoms with E-state index in [-0.39, 0.29) is 12.1 Å². The standard InChI is InChI=1S/C28H27N3O2S/c1-33-21-15-13-19(14-16-21)26-24-11-7-17-30(24)27-23(22-10-5-6-12-25(22)34-27)18-31(26)28(32)29-20-8-3-2-4-9-20/h2-4,7-9,11,13-17,26H,5-6,10,12,18H2,1H3,(H,29,32). The van der Waals surface area contributed by atoms with Crippen molar-refractivity contribution < 1.29 is 9.53 Å². The van der Waals surface area contributed by atoms with Crippen LogP contribution in [-0.4, -0.2) is 22.6 Å². The number of hydrogen-bond acceptors (Lipinski definition) is 3. The average molecular weight is 470 g/mol. The molecule has 2 aliphatic rings. The number of nitrogens with zero attached hydrogens (tertiary/aromatic N) is 2. The number of ether oxygens (including phenoxy) is 1. The normalized spacial score (nSPS) is 16.7. The molecule has 2 amide bonds. The maximum atomic E-state index is 13.8. The molecule has 0 radical (unpaired) electrons. The fraction of sp³-hybridized carbons (Fsp3) is 0.250. The van der Waals surface area contributed by atoms with Crippen molar-refractivity contribution in [1.29, 1.82) is 0 Å². The Morgan fingerprint density at radius 3 is 2.56 bits per heavy atom. The van der Waals surface area contributed by atoms with Crippen LogP contribution in [0.3, 0.4) is 0 Å². The van der Waals surface area contributed by atoms with E-state index in [0.717, 1.165) is 35.5 Å². The van der Waals surface area contributed by atoms with Gasteiger partial charge in [0.1, 0.15) is 10.8 Å². The zero-order chi connectivity index (χ0) is 23.1. The number of rotatable bonds is 3. The van der Waals surface area contributed by atoms with Gasteiger partial charge in [0.15, 0.2) is 0 Å². The molecule has 3 heterocycles. The molecular formula is C28H27N3O2S. The number of fused-ring (bicyclic) bond motifs is 5. The lowest BCUT2D eigenvalue weighted by Crippen LogP contribution is -2.38. The summed E-state index contributed by atoms with van der Waals surface area (Å²) in [6.07, 6.45) is 6.84. The molecule has 2 aromatic heterocycles. The van der Waals surface area contributed by atoms with E-state index in [4.69, 9.17) is 4.74 Å². The predicted octanol–water partition coefficient (Wildman–Crippen LogP) is 6.56. The molecule has 1 aliphatic heterocycles. The molecule has 6 heteroatoms. The van der Waals surface area contributed by atoms with Gasteiger partial charge < -0.3 is 19.5 Å². The molecule has 6 rings (SSSR count). The van der Waals surface area contributed by atoms with Crippen molar-refractivity contribution in [3.8, 4) is 10.8 Å². The molecule has 1 unspecified atom stereocenters. The maximum Gasteiger partial charge on any atom is 0.322 e. The van der Waals surface area contributed by atoms with Crippen LogP contribution in [0.1, 0.15) is 46.1 Å². The maximum absolute atomic E-state index is 13.8. The number of benzene rings is 2. The molecular weight excluding hydrogens is 442 g/mol. The minimum absolute atomic E-state index is 0.0941. The number of aryl methyl sites for hydroxylation is 1. The first kappa shape index (κ1) is 21.1. The SMILES string of the molecule is COc1ccc(C2c3cccn3-c3sc4c(c3CN2C(=O)Nc2ccccc2)CCCC4)cc1. The van der Waals surface area contributed by atoms with Gasteiger partial charge in [-0.15, -0.1) is 11.3 Å². The van der Waals surface area contributed by atoms with Gasteiger partial charge >= 0.3 is 6.03 Å². The first-order valence-corrected chi connectivity index (χ1v) is 12.6. The number of para-hydroxylation sites is 1. The second-order valence-corrected chi connectivity index (χ2v) is 9.98. The Labute approximate surface area is 203 Å². The second kappa shape index (κ2) is 8.69. The average Bonchev–Trinajstić information content (AvgIpc) is 3.47. The second-order valence-electron chi connectivity index (χ2n) is 8.90. The summed E-state index contributed by atoms with van der Waals surface area (Å²) in [5, 5.41) is 4.41. The van der Waals surface area contributed by atoms with Crippen molar-refractivity contribution in [2.24, 2.45) is 0 Å². The summed E-state index contributed by atoms with van der Waals surface area (Å²) in [5.74, 6) is 0.807. The first-order chi connectivity index (χ1) is 16.7. The quantitative estimate of drug-likeness (QED) is 0.369. The van der Waals surface area contributed by atoms with Gasteiger partial charge in [-0.1, -0.05) is 30.3 Å². The van der Waals surface area contributed by atoms with Gasteiger partial charge in [0.25, 0.3) is 0 Å². The summed E-state index contributed by atoms with van der Waals surface area (Å²) >= 11 is 1.90. The minimum atomic E-state index is -0.219. The van der Waals surface area contributed by atoms with E-state index >= 15 is 0 Å². The van der Waals surface area contributed by atoms with Crippen molar-refractivity contribution in [3.63, 3.8) is 0 Å². The molecule has 0 spiro atoms. The fourth-order valence-corrected chi connectivity index (χ4v) is 6.64. The number of anilines is 1. The van der Waals surface area contributed by atoms with E-state index in [2.05, 4.69) is 40.3 Å². The van der Waals surface area contributed by atoms with Gasteiger partial charge in [0.05, 0.1) is 25.4 Å². The number of carbonyl (C=O) groups is 1. The van der Waals surface area contributed by atoms with Crippen molar-refractivity contribution in [3.05, 3.63) is 100 Å². The van der Waals surface area contributed by atoms with Crippen LogP contribution in [0.5, 0.6) is 5.75 Å². The first-order valence-electron chi connectivity index (χ1n) is 11.8. The predicted molar refractivity (Wildman–Crippen MR) is 136 cm³/mol. The largest absolute Gasteiger partial charge is 0.497 e. The lowest BCUT2D eigenvalue weighted by molar-refractivity contribution is 0.194. The number of urea groups is 1. The van der Waals surface area contributed by atoms with Gasteiger partial charge in [0, 0.05) is 22.3 Å². The third kappa shape index (κ3) is 3.59. The molecule has 172 valence electrons. The summed E-state index contributed by atoms with van der Waals surface area (Å²) in [6, 6.07) is 21.7. The number of aromatic nitrogens is 1. The van der Waals surface area contributed by atoms with E-state index in [9.17, 15) is 4.79 Å². The summed E-state index contributed by atoms with van der Waals surface area (Å²) < 4.78 is 7.70. The lowest BCUT2D eigenvalue weighted by Gasteiger charge is -2.31. The van der Waals surface area contributed by atoms with Crippen LogP contribution in [0, 0.1) is 0 Å². The summed E-state index contributed by atoms with van der Waals surface area (Å²) in [5.41, 5.74) is 5.72.